The number of aliphatic hydroxyl groups excluding tert-OH is 1. The first-order valence-corrected chi connectivity index (χ1v) is 2.09. The lowest BCUT2D eigenvalue weighted by atomic mass is 10.6. The minimum absolute atomic E-state index is 0.0333. The molecule has 0 fully saturated rings. The van der Waals surface area contributed by atoms with Gasteiger partial charge in [-0.15, -0.1) is 0 Å². The molecule has 0 radical (unpaired) electrons. The Kier molecular flexibility index (Phi) is 3.22. The van der Waals surface area contributed by atoms with E-state index >= 15 is 0 Å². The molecule has 3 amide bonds. The van der Waals surface area contributed by atoms with E-state index in [4.69, 9.17) is 5.11 Å². The largest absolute Gasteiger partial charge is 0.387 e. The molecule has 1 N–H and O–H groups in total. The summed E-state index contributed by atoms with van der Waals surface area (Å²) in [6.07, 6.45) is 0.0666. The number of hydrogen-bond acceptors (Lipinski definition) is 4. The van der Waals surface area contributed by atoms with Crippen LogP contribution in [0.25, 0.3) is 0 Å². The molecule has 5 nitrogen and oxygen atoms in total. The predicted molar refractivity (Wildman–Crippen MR) is 26.1 cm³/mol. The van der Waals surface area contributed by atoms with Gasteiger partial charge in [-0.25, -0.2) is 4.90 Å². The molecule has 0 aromatic rings. The normalized spacial score (nSPS) is 8.11. The first-order chi connectivity index (χ1) is 4.26. The highest BCUT2D eigenvalue weighted by Gasteiger charge is 2.07. The van der Waals surface area contributed by atoms with E-state index in [2.05, 4.69) is 0 Å². The average molecular weight is 131 g/mol. The standard InChI is InChI=1S/C4H5NO4/c6-1-4(9)5(2-7)3-8/h2-3,6H,1H2. The summed E-state index contributed by atoms with van der Waals surface area (Å²) in [6.45, 7) is -0.836. The number of imide groups is 3. The van der Waals surface area contributed by atoms with Crippen LogP contribution >= 0.6 is 0 Å². The van der Waals surface area contributed by atoms with Crippen molar-refractivity contribution in [1.29, 1.82) is 0 Å². The number of carbonyl (C=O) groups excluding carboxylic acids is 3. The molecule has 0 rings (SSSR count). The highest BCUT2D eigenvalue weighted by Crippen LogP contribution is 1.75. The number of aliphatic hydroxyl groups is 1. The van der Waals surface area contributed by atoms with Crippen LogP contribution in [0.1, 0.15) is 0 Å². The topological polar surface area (TPSA) is 74.7 Å². The Balaban J connectivity index is 3.93. The Morgan fingerprint density at radius 2 is 1.89 bits per heavy atom. The summed E-state index contributed by atoms with van der Waals surface area (Å²) < 4.78 is 0. The van der Waals surface area contributed by atoms with Gasteiger partial charge in [0, 0.05) is 0 Å². The lowest BCUT2D eigenvalue weighted by Gasteiger charge is -2.01. The van der Waals surface area contributed by atoms with Crippen LogP contribution in [0.2, 0.25) is 0 Å². The molecule has 0 saturated carbocycles. The number of nitrogens with zero attached hydrogens (tertiary/aromatic N) is 1. The van der Waals surface area contributed by atoms with E-state index in [9.17, 15) is 14.4 Å². The molecule has 50 valence electrons. The zero-order valence-corrected chi connectivity index (χ0v) is 4.48. The summed E-state index contributed by atoms with van der Waals surface area (Å²) in [5, 5.41) is 8.06. The lowest BCUT2D eigenvalue weighted by molar-refractivity contribution is -0.145. The van der Waals surface area contributed by atoms with E-state index in [1.807, 2.05) is 0 Å². The van der Waals surface area contributed by atoms with Gasteiger partial charge >= 0.3 is 0 Å². The van der Waals surface area contributed by atoms with Crippen LogP contribution in [-0.2, 0) is 14.4 Å². The summed E-state index contributed by atoms with van der Waals surface area (Å²) in [4.78, 5) is 29.8. The second kappa shape index (κ2) is 3.73. The molecule has 0 aliphatic heterocycles. The summed E-state index contributed by atoms with van der Waals surface area (Å²) in [5.74, 6) is -0.931. The molecule has 0 unspecified atom stereocenters. The van der Waals surface area contributed by atoms with Gasteiger partial charge < -0.3 is 5.11 Å². The average Bonchev–Trinajstić information content (AvgIpc) is 1.90. The molecular weight excluding hydrogens is 126 g/mol. The van der Waals surface area contributed by atoms with Crippen molar-refractivity contribution in [3.05, 3.63) is 0 Å². The molecule has 0 aromatic carbocycles. The van der Waals surface area contributed by atoms with Gasteiger partial charge in [0.15, 0.2) is 0 Å². The number of amides is 3. The highest BCUT2D eigenvalue weighted by molar-refractivity contribution is 5.97. The van der Waals surface area contributed by atoms with Gasteiger partial charge in [-0.3, -0.25) is 14.4 Å². The maximum Gasteiger partial charge on any atom is 0.261 e. The SMILES string of the molecule is O=CN(C=O)C(=O)CO. The van der Waals surface area contributed by atoms with Crippen LogP contribution in [0, 0.1) is 0 Å². The molecule has 0 aliphatic rings. The summed E-state index contributed by atoms with van der Waals surface area (Å²) >= 11 is 0. The zero-order chi connectivity index (χ0) is 7.28. The summed E-state index contributed by atoms with van der Waals surface area (Å²) in [5.41, 5.74) is 0. The second-order valence-electron chi connectivity index (χ2n) is 1.17. The molecule has 0 bridgehead atoms. The monoisotopic (exact) mass is 131 g/mol. The molecule has 5 heteroatoms. The van der Waals surface area contributed by atoms with E-state index in [1.54, 1.807) is 0 Å². The highest BCUT2D eigenvalue weighted by atomic mass is 16.3. The predicted octanol–water partition coefficient (Wildman–Crippen LogP) is -1.88. The van der Waals surface area contributed by atoms with Crippen LogP contribution in [0.4, 0.5) is 0 Å². The fraction of sp³-hybridized carbons (Fsp3) is 0.250. The molecule has 0 aromatic heterocycles. The molecular formula is C4H5NO4. The molecule has 0 aliphatic carbocycles. The number of hydrogen-bond donors (Lipinski definition) is 1. The zero-order valence-electron chi connectivity index (χ0n) is 4.48. The molecule has 0 spiro atoms. The first kappa shape index (κ1) is 7.77. The van der Waals surface area contributed by atoms with E-state index in [0.29, 0.717) is 0 Å². The van der Waals surface area contributed by atoms with Crippen LogP contribution in [-0.4, -0.2) is 35.3 Å². The number of carbonyl (C=O) groups is 3. The van der Waals surface area contributed by atoms with Crippen LogP contribution in [0.3, 0.4) is 0 Å². The maximum absolute atomic E-state index is 10.2. The van der Waals surface area contributed by atoms with Crippen LogP contribution in [0.15, 0.2) is 0 Å². The summed E-state index contributed by atoms with van der Waals surface area (Å²) in [6, 6.07) is 0. The Hall–Kier alpha value is -1.23. The van der Waals surface area contributed by atoms with Gasteiger partial charge in [0.1, 0.15) is 6.61 Å². The van der Waals surface area contributed by atoms with E-state index in [1.165, 1.54) is 0 Å². The third kappa shape index (κ3) is 2.00. The third-order valence-electron chi connectivity index (χ3n) is 0.650. The maximum atomic E-state index is 10.2. The van der Waals surface area contributed by atoms with Crippen molar-refractivity contribution in [2.24, 2.45) is 0 Å². The Bertz CT molecular complexity index is 125. The first-order valence-electron chi connectivity index (χ1n) is 2.09. The van der Waals surface area contributed by atoms with E-state index in [-0.39, 0.29) is 17.7 Å². The number of rotatable bonds is 3. The van der Waals surface area contributed by atoms with Gasteiger partial charge in [-0.1, -0.05) is 0 Å². The Labute approximate surface area is 50.9 Å². The van der Waals surface area contributed by atoms with Gasteiger partial charge in [0.2, 0.25) is 12.8 Å². The molecule has 0 heterocycles. The second-order valence-corrected chi connectivity index (χ2v) is 1.17. The minimum Gasteiger partial charge on any atom is -0.387 e. The van der Waals surface area contributed by atoms with Crippen molar-refractivity contribution in [3.63, 3.8) is 0 Å². The van der Waals surface area contributed by atoms with Crippen LogP contribution in [0.5, 0.6) is 0 Å². The van der Waals surface area contributed by atoms with Gasteiger partial charge in [0.05, 0.1) is 0 Å². The van der Waals surface area contributed by atoms with Gasteiger partial charge in [-0.05, 0) is 0 Å². The van der Waals surface area contributed by atoms with Crippen LogP contribution < -0.4 is 0 Å². The molecule has 0 saturated heterocycles. The fourth-order valence-corrected chi connectivity index (χ4v) is 0.224. The smallest absolute Gasteiger partial charge is 0.261 e. The molecule has 9 heavy (non-hydrogen) atoms. The fourth-order valence-electron chi connectivity index (χ4n) is 0.224. The third-order valence-corrected chi connectivity index (χ3v) is 0.650. The van der Waals surface area contributed by atoms with E-state index in [0.717, 1.165) is 0 Å². The minimum atomic E-state index is -0.931. The van der Waals surface area contributed by atoms with Crippen molar-refractivity contribution in [3.8, 4) is 0 Å². The van der Waals surface area contributed by atoms with E-state index < -0.39 is 12.5 Å². The lowest BCUT2D eigenvalue weighted by Crippen LogP contribution is -2.30. The quantitative estimate of drug-likeness (QED) is 0.455. The Morgan fingerprint density at radius 1 is 1.44 bits per heavy atom. The van der Waals surface area contributed by atoms with Crippen molar-refractivity contribution >= 4 is 18.7 Å². The van der Waals surface area contributed by atoms with Crippen molar-refractivity contribution in [2.45, 2.75) is 0 Å². The molecule has 0 atom stereocenters. The van der Waals surface area contributed by atoms with Gasteiger partial charge in [0.25, 0.3) is 5.91 Å². The Morgan fingerprint density at radius 3 is 2.00 bits per heavy atom. The van der Waals surface area contributed by atoms with Crippen molar-refractivity contribution < 1.29 is 19.5 Å². The van der Waals surface area contributed by atoms with Gasteiger partial charge in [-0.2, -0.15) is 0 Å². The summed E-state index contributed by atoms with van der Waals surface area (Å²) in [7, 11) is 0. The van der Waals surface area contributed by atoms with Crippen molar-refractivity contribution in [2.75, 3.05) is 6.61 Å². The van der Waals surface area contributed by atoms with Crippen molar-refractivity contribution in [1.82, 2.24) is 4.90 Å².